The van der Waals surface area contributed by atoms with E-state index >= 15 is 0 Å². The summed E-state index contributed by atoms with van der Waals surface area (Å²) in [6.07, 6.45) is 0. The summed E-state index contributed by atoms with van der Waals surface area (Å²) in [6.45, 7) is 1.29. The molecule has 1 aliphatic heterocycles. The van der Waals surface area contributed by atoms with Crippen molar-refractivity contribution >= 4 is 39.5 Å². The van der Waals surface area contributed by atoms with E-state index in [-0.39, 0.29) is 6.54 Å². The quantitative estimate of drug-likeness (QED) is 0.773. The van der Waals surface area contributed by atoms with Crippen LogP contribution < -0.4 is 10.6 Å². The molecule has 4 amide bonds. The van der Waals surface area contributed by atoms with Crippen LogP contribution in [0.5, 0.6) is 0 Å². The van der Waals surface area contributed by atoms with Gasteiger partial charge in [-0.25, -0.2) is 4.79 Å². The molecule has 2 aromatic carbocycles. The topological polar surface area (TPSA) is 78.5 Å². The van der Waals surface area contributed by atoms with Crippen molar-refractivity contribution in [3.05, 3.63) is 64.6 Å². The molecule has 0 radical (unpaired) electrons. The van der Waals surface area contributed by atoms with E-state index in [0.29, 0.717) is 11.3 Å². The minimum Gasteiger partial charge on any atom is -0.325 e. The number of nitrogens with zero attached hydrogens (tertiary/aromatic N) is 1. The summed E-state index contributed by atoms with van der Waals surface area (Å²) < 4.78 is 0.887. The molecule has 7 heteroatoms. The Balaban J connectivity index is 1.72. The third-order valence-corrected chi connectivity index (χ3v) is 4.58. The molecule has 0 saturated carbocycles. The first-order valence-electron chi connectivity index (χ1n) is 7.65. The van der Waals surface area contributed by atoms with Crippen molar-refractivity contribution in [1.29, 1.82) is 0 Å². The Bertz CT molecular complexity index is 823. The standard InChI is InChI=1S/C18H16BrN3O3/c1-18(12-5-3-2-4-6-12)16(24)22(17(25)21-18)11-15(23)20-14-9-7-13(19)8-10-14/h2-10H,11H2,1H3,(H,20,23)(H,21,25). The number of carbonyl (C=O) groups excluding carboxylic acids is 3. The van der Waals surface area contributed by atoms with Crippen molar-refractivity contribution in [2.75, 3.05) is 11.9 Å². The second-order valence-corrected chi connectivity index (χ2v) is 6.78. The molecular weight excluding hydrogens is 386 g/mol. The number of rotatable bonds is 4. The number of benzene rings is 2. The lowest BCUT2D eigenvalue weighted by atomic mass is 9.92. The number of halogens is 1. The van der Waals surface area contributed by atoms with E-state index < -0.39 is 23.4 Å². The van der Waals surface area contributed by atoms with Gasteiger partial charge in [0.05, 0.1) is 0 Å². The molecule has 2 aromatic rings. The first kappa shape index (κ1) is 17.2. The van der Waals surface area contributed by atoms with Gasteiger partial charge in [-0.2, -0.15) is 0 Å². The van der Waals surface area contributed by atoms with Crippen LogP contribution in [0.2, 0.25) is 0 Å². The molecule has 1 unspecified atom stereocenters. The van der Waals surface area contributed by atoms with Gasteiger partial charge >= 0.3 is 6.03 Å². The third kappa shape index (κ3) is 3.41. The SMILES string of the molecule is CC1(c2ccccc2)NC(=O)N(CC(=O)Nc2ccc(Br)cc2)C1=O. The summed E-state index contributed by atoms with van der Waals surface area (Å²) in [5.74, 6) is -0.891. The van der Waals surface area contributed by atoms with Gasteiger partial charge in [0.2, 0.25) is 5.91 Å². The zero-order chi connectivity index (χ0) is 18.0. The monoisotopic (exact) mass is 401 g/mol. The van der Waals surface area contributed by atoms with Crippen molar-refractivity contribution in [3.8, 4) is 0 Å². The summed E-state index contributed by atoms with van der Waals surface area (Å²) in [5.41, 5.74) is 0.0891. The second kappa shape index (κ2) is 6.68. The third-order valence-electron chi connectivity index (χ3n) is 4.06. The van der Waals surface area contributed by atoms with Crippen LogP contribution in [0.15, 0.2) is 59.1 Å². The van der Waals surface area contributed by atoms with E-state index in [2.05, 4.69) is 26.6 Å². The lowest BCUT2D eigenvalue weighted by Gasteiger charge is -2.22. The zero-order valence-corrected chi connectivity index (χ0v) is 15.0. The minimum atomic E-state index is -1.17. The fourth-order valence-corrected chi connectivity index (χ4v) is 2.95. The number of urea groups is 1. The molecule has 128 valence electrons. The molecule has 1 heterocycles. The number of anilines is 1. The molecule has 6 nitrogen and oxygen atoms in total. The van der Waals surface area contributed by atoms with Gasteiger partial charge in [0.15, 0.2) is 0 Å². The summed E-state index contributed by atoms with van der Waals surface area (Å²) in [6, 6.07) is 15.4. The van der Waals surface area contributed by atoms with E-state index in [1.165, 1.54) is 0 Å². The Morgan fingerprint density at radius 3 is 2.40 bits per heavy atom. The summed E-state index contributed by atoms with van der Waals surface area (Å²) in [7, 11) is 0. The summed E-state index contributed by atoms with van der Waals surface area (Å²) >= 11 is 3.31. The Morgan fingerprint density at radius 2 is 1.76 bits per heavy atom. The van der Waals surface area contributed by atoms with Crippen LogP contribution in [0.1, 0.15) is 12.5 Å². The first-order valence-corrected chi connectivity index (χ1v) is 8.44. The highest BCUT2D eigenvalue weighted by Gasteiger charge is 2.49. The van der Waals surface area contributed by atoms with Gasteiger partial charge in [0.1, 0.15) is 12.1 Å². The Kier molecular flexibility index (Phi) is 4.59. The summed E-state index contributed by atoms with van der Waals surface area (Å²) in [5, 5.41) is 5.34. The van der Waals surface area contributed by atoms with E-state index in [4.69, 9.17) is 0 Å². The smallest absolute Gasteiger partial charge is 0.325 e. The van der Waals surface area contributed by atoms with Crippen molar-refractivity contribution in [2.24, 2.45) is 0 Å². The lowest BCUT2D eigenvalue weighted by Crippen LogP contribution is -2.42. The maximum absolute atomic E-state index is 12.7. The largest absolute Gasteiger partial charge is 0.325 e. The fraction of sp³-hybridized carbons (Fsp3) is 0.167. The van der Waals surface area contributed by atoms with Crippen LogP contribution in [0.25, 0.3) is 0 Å². The molecule has 1 saturated heterocycles. The van der Waals surface area contributed by atoms with Gasteiger partial charge in [0, 0.05) is 10.2 Å². The van der Waals surface area contributed by atoms with Crippen molar-refractivity contribution in [3.63, 3.8) is 0 Å². The molecule has 0 aromatic heterocycles. The molecule has 1 atom stereocenters. The molecule has 3 rings (SSSR count). The lowest BCUT2D eigenvalue weighted by molar-refractivity contribution is -0.133. The van der Waals surface area contributed by atoms with Crippen LogP contribution >= 0.6 is 15.9 Å². The maximum atomic E-state index is 12.7. The van der Waals surface area contributed by atoms with Crippen LogP contribution in [0.3, 0.4) is 0 Å². The number of nitrogens with one attached hydrogen (secondary N) is 2. The molecular formula is C18H16BrN3O3. The normalized spacial score (nSPS) is 19.7. The highest BCUT2D eigenvalue weighted by atomic mass is 79.9. The van der Waals surface area contributed by atoms with E-state index in [1.807, 2.05) is 6.07 Å². The minimum absolute atomic E-state index is 0.344. The summed E-state index contributed by atoms with van der Waals surface area (Å²) in [4.78, 5) is 38.1. The molecule has 2 N–H and O–H groups in total. The maximum Gasteiger partial charge on any atom is 0.325 e. The Labute approximate surface area is 153 Å². The molecule has 1 aliphatic rings. The predicted octanol–water partition coefficient (Wildman–Crippen LogP) is 2.85. The van der Waals surface area contributed by atoms with E-state index in [0.717, 1.165) is 9.37 Å². The molecule has 0 spiro atoms. The molecule has 0 aliphatic carbocycles. The fourth-order valence-electron chi connectivity index (χ4n) is 2.69. The first-order chi connectivity index (χ1) is 11.9. The van der Waals surface area contributed by atoms with Crippen LogP contribution in [0.4, 0.5) is 10.5 Å². The van der Waals surface area contributed by atoms with Gasteiger partial charge in [-0.15, -0.1) is 0 Å². The average Bonchev–Trinajstić information content (AvgIpc) is 2.82. The predicted molar refractivity (Wildman–Crippen MR) is 96.8 cm³/mol. The van der Waals surface area contributed by atoms with Gasteiger partial charge < -0.3 is 10.6 Å². The van der Waals surface area contributed by atoms with Crippen molar-refractivity contribution < 1.29 is 14.4 Å². The van der Waals surface area contributed by atoms with Gasteiger partial charge in [-0.3, -0.25) is 14.5 Å². The van der Waals surface area contributed by atoms with E-state index in [1.54, 1.807) is 55.5 Å². The number of hydrogen-bond acceptors (Lipinski definition) is 3. The zero-order valence-electron chi connectivity index (χ0n) is 13.5. The van der Waals surface area contributed by atoms with Crippen LogP contribution in [0, 0.1) is 0 Å². The van der Waals surface area contributed by atoms with Gasteiger partial charge in [-0.05, 0) is 36.8 Å². The van der Waals surface area contributed by atoms with Gasteiger partial charge in [0.25, 0.3) is 5.91 Å². The van der Waals surface area contributed by atoms with Crippen LogP contribution in [-0.4, -0.2) is 29.3 Å². The molecule has 25 heavy (non-hydrogen) atoms. The van der Waals surface area contributed by atoms with Crippen molar-refractivity contribution in [2.45, 2.75) is 12.5 Å². The Morgan fingerprint density at radius 1 is 1.12 bits per heavy atom. The molecule has 0 bridgehead atoms. The highest BCUT2D eigenvalue weighted by molar-refractivity contribution is 9.10. The number of carbonyl (C=O) groups is 3. The second-order valence-electron chi connectivity index (χ2n) is 5.87. The Hall–Kier alpha value is -2.67. The average molecular weight is 402 g/mol. The number of amides is 4. The molecule has 1 fully saturated rings. The van der Waals surface area contributed by atoms with Crippen molar-refractivity contribution in [1.82, 2.24) is 10.2 Å². The number of hydrogen-bond donors (Lipinski definition) is 2. The van der Waals surface area contributed by atoms with E-state index in [9.17, 15) is 14.4 Å². The van der Waals surface area contributed by atoms with Crippen LogP contribution in [-0.2, 0) is 15.1 Å². The highest BCUT2D eigenvalue weighted by Crippen LogP contribution is 2.28. The number of imide groups is 1. The van der Waals surface area contributed by atoms with Gasteiger partial charge in [-0.1, -0.05) is 46.3 Å².